The van der Waals surface area contributed by atoms with E-state index in [2.05, 4.69) is 12.2 Å². The molecule has 0 spiro atoms. The molecule has 2 aromatic carbocycles. The van der Waals surface area contributed by atoms with Gasteiger partial charge in [0.2, 0.25) is 5.91 Å². The molecule has 0 saturated heterocycles. The second-order valence-corrected chi connectivity index (χ2v) is 6.35. The Balaban J connectivity index is 1.99. The molecule has 116 valence electrons. The van der Waals surface area contributed by atoms with Crippen molar-refractivity contribution in [2.75, 3.05) is 12.4 Å². The van der Waals surface area contributed by atoms with E-state index in [-0.39, 0.29) is 11.2 Å². The number of methoxy groups -OCH3 is 1. The van der Waals surface area contributed by atoms with Crippen molar-refractivity contribution >= 4 is 23.4 Å². The largest absolute Gasteiger partial charge is 0.497 e. The van der Waals surface area contributed by atoms with Crippen LogP contribution in [0.3, 0.4) is 0 Å². The summed E-state index contributed by atoms with van der Waals surface area (Å²) in [6, 6.07) is 15.7. The topological polar surface area (TPSA) is 38.3 Å². The quantitative estimate of drug-likeness (QED) is 0.804. The lowest BCUT2D eigenvalue weighted by atomic mass is 10.1. The molecule has 3 nitrogen and oxygen atoms in total. The van der Waals surface area contributed by atoms with Crippen LogP contribution in [0.15, 0.2) is 53.4 Å². The molecule has 1 atom stereocenters. The maximum Gasteiger partial charge on any atom is 0.237 e. The van der Waals surface area contributed by atoms with E-state index in [1.165, 1.54) is 11.8 Å². The van der Waals surface area contributed by atoms with Gasteiger partial charge in [-0.2, -0.15) is 0 Å². The van der Waals surface area contributed by atoms with Gasteiger partial charge in [0.05, 0.1) is 12.4 Å². The Morgan fingerprint density at radius 1 is 1.18 bits per heavy atom. The minimum atomic E-state index is -0.168. The van der Waals surface area contributed by atoms with Crippen molar-refractivity contribution in [3.05, 3.63) is 54.1 Å². The monoisotopic (exact) mass is 315 g/mol. The van der Waals surface area contributed by atoms with Crippen LogP contribution in [0, 0.1) is 0 Å². The summed E-state index contributed by atoms with van der Waals surface area (Å²) in [5, 5.41) is 2.85. The number of aryl methyl sites for hydroxylation is 1. The average molecular weight is 315 g/mol. The highest BCUT2D eigenvalue weighted by Crippen LogP contribution is 2.26. The van der Waals surface area contributed by atoms with Crippen LogP contribution < -0.4 is 10.1 Å². The minimum absolute atomic E-state index is 0.0155. The molecule has 0 aliphatic rings. The number of ether oxygens (including phenoxy) is 1. The Morgan fingerprint density at radius 2 is 1.86 bits per heavy atom. The molecular weight excluding hydrogens is 294 g/mol. The standard InChI is InChI=1S/C18H21NO2S/c1-4-14-7-5-6-8-17(14)19-18(20)13(2)22-16-11-9-15(21-3)10-12-16/h5-13H,4H2,1-3H3,(H,19,20)/t13-/m0/s1. The fraction of sp³-hybridized carbons (Fsp3) is 0.278. The summed E-state index contributed by atoms with van der Waals surface area (Å²) in [6.07, 6.45) is 0.899. The number of rotatable bonds is 6. The van der Waals surface area contributed by atoms with E-state index in [1.807, 2.05) is 55.5 Å². The number of amides is 1. The molecule has 1 amide bonds. The van der Waals surface area contributed by atoms with Gasteiger partial charge in [-0.1, -0.05) is 25.1 Å². The summed E-state index contributed by atoms with van der Waals surface area (Å²) >= 11 is 1.54. The summed E-state index contributed by atoms with van der Waals surface area (Å²) in [6.45, 7) is 4.00. The molecule has 0 aliphatic heterocycles. The van der Waals surface area contributed by atoms with Crippen molar-refractivity contribution < 1.29 is 9.53 Å². The van der Waals surface area contributed by atoms with E-state index < -0.39 is 0 Å². The van der Waals surface area contributed by atoms with Crippen LogP contribution in [0.25, 0.3) is 0 Å². The maximum absolute atomic E-state index is 12.4. The van der Waals surface area contributed by atoms with Gasteiger partial charge in [0.25, 0.3) is 0 Å². The first-order valence-corrected chi connectivity index (χ1v) is 8.21. The Bertz CT molecular complexity index is 625. The van der Waals surface area contributed by atoms with Gasteiger partial charge < -0.3 is 10.1 Å². The lowest BCUT2D eigenvalue weighted by molar-refractivity contribution is -0.115. The zero-order valence-corrected chi connectivity index (χ0v) is 13.9. The summed E-state index contributed by atoms with van der Waals surface area (Å²) in [5.74, 6) is 0.833. The first-order valence-electron chi connectivity index (χ1n) is 7.33. The third-order valence-corrected chi connectivity index (χ3v) is 4.51. The van der Waals surface area contributed by atoms with Crippen LogP contribution in [-0.4, -0.2) is 18.3 Å². The van der Waals surface area contributed by atoms with E-state index in [9.17, 15) is 4.79 Å². The van der Waals surface area contributed by atoms with Gasteiger partial charge in [0.1, 0.15) is 5.75 Å². The summed E-state index contributed by atoms with van der Waals surface area (Å²) in [5.41, 5.74) is 2.05. The highest BCUT2D eigenvalue weighted by atomic mass is 32.2. The molecule has 4 heteroatoms. The van der Waals surface area contributed by atoms with E-state index in [1.54, 1.807) is 7.11 Å². The first-order chi connectivity index (χ1) is 10.6. The third-order valence-electron chi connectivity index (χ3n) is 3.40. The Hall–Kier alpha value is -1.94. The Labute approximate surface area is 136 Å². The van der Waals surface area contributed by atoms with Crippen LogP contribution in [0.2, 0.25) is 0 Å². The summed E-state index contributed by atoms with van der Waals surface area (Å²) < 4.78 is 5.14. The van der Waals surface area contributed by atoms with Crippen molar-refractivity contribution in [1.82, 2.24) is 0 Å². The van der Waals surface area contributed by atoms with Gasteiger partial charge in [0, 0.05) is 10.6 Å². The van der Waals surface area contributed by atoms with E-state index in [4.69, 9.17) is 4.74 Å². The molecule has 0 heterocycles. The number of thioether (sulfide) groups is 1. The van der Waals surface area contributed by atoms with Crippen molar-refractivity contribution in [3.63, 3.8) is 0 Å². The average Bonchev–Trinajstić information content (AvgIpc) is 2.56. The molecule has 0 bridgehead atoms. The van der Waals surface area contributed by atoms with Crippen LogP contribution >= 0.6 is 11.8 Å². The van der Waals surface area contributed by atoms with Crippen molar-refractivity contribution in [2.24, 2.45) is 0 Å². The zero-order chi connectivity index (χ0) is 15.9. The molecule has 22 heavy (non-hydrogen) atoms. The van der Waals surface area contributed by atoms with Crippen LogP contribution in [0.1, 0.15) is 19.4 Å². The summed E-state index contributed by atoms with van der Waals surface area (Å²) in [7, 11) is 1.64. The van der Waals surface area contributed by atoms with Crippen LogP contribution in [-0.2, 0) is 11.2 Å². The minimum Gasteiger partial charge on any atom is -0.497 e. The third kappa shape index (κ3) is 4.28. The highest BCUT2D eigenvalue weighted by molar-refractivity contribution is 8.00. The maximum atomic E-state index is 12.4. The number of carbonyl (C=O) groups excluding carboxylic acids is 1. The Kier molecular flexibility index (Phi) is 5.90. The lowest BCUT2D eigenvalue weighted by Crippen LogP contribution is -2.23. The molecule has 1 N–H and O–H groups in total. The molecule has 0 aromatic heterocycles. The predicted molar refractivity (Wildman–Crippen MR) is 92.8 cm³/mol. The number of benzene rings is 2. The van der Waals surface area contributed by atoms with Gasteiger partial charge in [0.15, 0.2) is 0 Å². The lowest BCUT2D eigenvalue weighted by Gasteiger charge is -2.14. The summed E-state index contributed by atoms with van der Waals surface area (Å²) in [4.78, 5) is 13.4. The van der Waals surface area contributed by atoms with Crippen molar-refractivity contribution in [3.8, 4) is 5.75 Å². The first kappa shape index (κ1) is 16.4. The molecule has 0 unspecified atom stereocenters. The predicted octanol–water partition coefficient (Wildman–Crippen LogP) is 4.38. The van der Waals surface area contributed by atoms with Crippen molar-refractivity contribution in [2.45, 2.75) is 30.4 Å². The van der Waals surface area contributed by atoms with Crippen LogP contribution in [0.5, 0.6) is 5.75 Å². The second kappa shape index (κ2) is 7.90. The van der Waals surface area contributed by atoms with Crippen LogP contribution in [0.4, 0.5) is 5.69 Å². The number of hydrogen-bond donors (Lipinski definition) is 1. The Morgan fingerprint density at radius 3 is 2.50 bits per heavy atom. The van der Waals surface area contributed by atoms with Gasteiger partial charge in [-0.15, -0.1) is 11.8 Å². The van der Waals surface area contributed by atoms with Gasteiger partial charge in [-0.25, -0.2) is 0 Å². The molecule has 0 saturated carbocycles. The fourth-order valence-corrected chi connectivity index (χ4v) is 2.96. The molecule has 2 aromatic rings. The normalized spacial score (nSPS) is 11.8. The number of nitrogens with one attached hydrogen (secondary N) is 1. The zero-order valence-electron chi connectivity index (χ0n) is 13.1. The van der Waals surface area contributed by atoms with Crippen molar-refractivity contribution in [1.29, 1.82) is 0 Å². The molecule has 0 aliphatic carbocycles. The smallest absolute Gasteiger partial charge is 0.237 e. The number of hydrogen-bond acceptors (Lipinski definition) is 3. The number of anilines is 1. The SMILES string of the molecule is CCc1ccccc1NC(=O)[C@H](C)Sc1ccc(OC)cc1. The van der Waals surface area contributed by atoms with Gasteiger partial charge >= 0.3 is 0 Å². The highest BCUT2D eigenvalue weighted by Gasteiger charge is 2.15. The molecule has 0 fully saturated rings. The number of carbonyl (C=O) groups is 1. The fourth-order valence-electron chi connectivity index (χ4n) is 2.10. The van der Waals surface area contributed by atoms with Gasteiger partial charge in [-0.3, -0.25) is 4.79 Å². The molecule has 2 rings (SSSR count). The van der Waals surface area contributed by atoms with E-state index in [0.717, 1.165) is 28.3 Å². The second-order valence-electron chi connectivity index (χ2n) is 4.94. The number of para-hydroxylation sites is 1. The molecule has 0 radical (unpaired) electrons. The van der Waals surface area contributed by atoms with E-state index in [0.29, 0.717) is 0 Å². The van der Waals surface area contributed by atoms with E-state index >= 15 is 0 Å². The molecular formula is C18H21NO2S. The van der Waals surface area contributed by atoms with Gasteiger partial charge in [-0.05, 0) is 49.2 Å².